The van der Waals surface area contributed by atoms with Crippen molar-refractivity contribution >= 4 is 16.8 Å². The number of carbonyl (C=O) groups is 1. The number of fused-ring (bicyclic) bond motifs is 2. The highest BCUT2D eigenvalue weighted by atomic mass is 16.2. The van der Waals surface area contributed by atoms with E-state index in [-0.39, 0.29) is 11.9 Å². The van der Waals surface area contributed by atoms with Crippen LogP contribution in [0.2, 0.25) is 0 Å². The number of amides is 1. The molecule has 3 aromatic rings. The van der Waals surface area contributed by atoms with Gasteiger partial charge in [-0.3, -0.25) is 14.7 Å². The monoisotopic (exact) mass is 385 g/mol. The Morgan fingerprint density at radius 2 is 1.86 bits per heavy atom. The predicted molar refractivity (Wildman–Crippen MR) is 115 cm³/mol. The Bertz CT molecular complexity index is 1050. The molecule has 2 aliphatic heterocycles. The zero-order valence-electron chi connectivity index (χ0n) is 17.1. The quantitative estimate of drug-likeness (QED) is 0.678. The number of nitrogens with zero attached hydrogens (tertiary/aromatic N) is 3. The van der Waals surface area contributed by atoms with Gasteiger partial charge in [0.15, 0.2) is 0 Å². The molecule has 0 radical (unpaired) electrons. The summed E-state index contributed by atoms with van der Waals surface area (Å²) in [5.41, 5.74) is 4.94. The Morgan fingerprint density at radius 1 is 1.03 bits per heavy atom. The molecule has 148 valence electrons. The van der Waals surface area contributed by atoms with Gasteiger partial charge < -0.3 is 4.90 Å². The minimum absolute atomic E-state index is 0.190. The van der Waals surface area contributed by atoms with E-state index in [1.54, 1.807) is 6.92 Å². The van der Waals surface area contributed by atoms with Crippen molar-refractivity contribution in [3.05, 3.63) is 77.5 Å². The van der Waals surface area contributed by atoms with Crippen LogP contribution in [0.1, 0.15) is 29.7 Å². The fraction of sp³-hybridized carbons (Fsp3) is 0.360. The summed E-state index contributed by atoms with van der Waals surface area (Å²) in [7, 11) is 0. The number of hydrogen-bond donors (Lipinski definition) is 0. The number of pyridine rings is 1. The number of likely N-dealkylation sites (tertiary alicyclic amines) is 2. The largest absolute Gasteiger partial charge is 0.335 e. The average molecular weight is 386 g/mol. The maximum Gasteiger partial charge on any atom is 0.219 e. The van der Waals surface area contributed by atoms with Crippen LogP contribution in [0.5, 0.6) is 0 Å². The zero-order valence-corrected chi connectivity index (χ0v) is 17.1. The van der Waals surface area contributed by atoms with Crippen molar-refractivity contribution in [2.24, 2.45) is 11.8 Å². The molecule has 2 aromatic carbocycles. The van der Waals surface area contributed by atoms with Crippen molar-refractivity contribution < 1.29 is 4.79 Å². The van der Waals surface area contributed by atoms with Crippen LogP contribution in [-0.2, 0) is 11.3 Å². The number of benzene rings is 2. The van der Waals surface area contributed by atoms with Gasteiger partial charge in [0.05, 0.1) is 11.6 Å². The lowest BCUT2D eigenvalue weighted by Gasteiger charge is -2.29. The second-order valence-corrected chi connectivity index (χ2v) is 8.59. The van der Waals surface area contributed by atoms with Crippen LogP contribution >= 0.6 is 0 Å². The molecule has 3 atom stereocenters. The van der Waals surface area contributed by atoms with Crippen molar-refractivity contribution in [1.82, 2.24) is 14.8 Å². The van der Waals surface area contributed by atoms with Crippen LogP contribution < -0.4 is 0 Å². The van der Waals surface area contributed by atoms with Crippen LogP contribution in [0, 0.1) is 18.8 Å². The predicted octanol–water partition coefficient (Wildman–Crippen LogP) is 4.19. The Balaban J connectivity index is 1.41. The van der Waals surface area contributed by atoms with Gasteiger partial charge in [0, 0.05) is 50.6 Å². The zero-order chi connectivity index (χ0) is 20.0. The smallest absolute Gasteiger partial charge is 0.219 e. The summed E-state index contributed by atoms with van der Waals surface area (Å²) in [6.45, 7) is 7.72. The Labute approximate surface area is 172 Å². The minimum Gasteiger partial charge on any atom is -0.335 e. The van der Waals surface area contributed by atoms with Crippen molar-refractivity contribution in [3.8, 4) is 0 Å². The number of hydrogen-bond acceptors (Lipinski definition) is 3. The highest BCUT2D eigenvalue weighted by Crippen LogP contribution is 2.45. The van der Waals surface area contributed by atoms with Gasteiger partial charge in [0.2, 0.25) is 5.91 Å². The van der Waals surface area contributed by atoms with Gasteiger partial charge in [-0.2, -0.15) is 0 Å². The summed E-state index contributed by atoms with van der Waals surface area (Å²) in [4.78, 5) is 21.6. The van der Waals surface area contributed by atoms with E-state index in [9.17, 15) is 4.79 Å². The molecule has 0 spiro atoms. The molecular formula is C25H27N3O. The molecule has 0 bridgehead atoms. The summed E-state index contributed by atoms with van der Waals surface area (Å²) >= 11 is 0. The highest BCUT2D eigenvalue weighted by molar-refractivity contribution is 5.84. The topological polar surface area (TPSA) is 36.4 Å². The molecule has 2 fully saturated rings. The third-order valence-electron chi connectivity index (χ3n) is 6.74. The highest BCUT2D eigenvalue weighted by Gasteiger charge is 2.48. The lowest BCUT2D eigenvalue weighted by Crippen LogP contribution is -2.34. The summed E-state index contributed by atoms with van der Waals surface area (Å²) in [5.74, 6) is 1.23. The van der Waals surface area contributed by atoms with Crippen LogP contribution in [0.3, 0.4) is 0 Å². The molecule has 3 heterocycles. The van der Waals surface area contributed by atoms with Gasteiger partial charge in [-0.25, -0.2) is 0 Å². The molecular weight excluding hydrogens is 358 g/mol. The maximum absolute atomic E-state index is 12.3. The maximum atomic E-state index is 12.3. The van der Waals surface area contributed by atoms with Crippen LogP contribution in [0.15, 0.2) is 60.8 Å². The molecule has 0 saturated carbocycles. The number of aromatic nitrogens is 1. The van der Waals surface area contributed by atoms with Gasteiger partial charge >= 0.3 is 0 Å². The number of rotatable bonds is 3. The number of carbonyl (C=O) groups excluding carboxylic acids is 1. The standard InChI is InChI=1S/C25H27N3O/c1-17-10-11-20(22-9-6-12-26-24(17)22)13-27-14-21-15-28(18(2)29)25(23(21)16-27)19-7-4-3-5-8-19/h3-12,21,23,25H,13-16H2,1-2H3/t21-,23-,25-/m1/s1. The molecule has 2 aliphatic rings. The average Bonchev–Trinajstić information content (AvgIpc) is 3.28. The van der Waals surface area contributed by atoms with Gasteiger partial charge in [-0.15, -0.1) is 0 Å². The van der Waals surface area contributed by atoms with Gasteiger partial charge in [0.1, 0.15) is 0 Å². The molecule has 0 aliphatic carbocycles. The first kappa shape index (κ1) is 18.3. The Hall–Kier alpha value is -2.72. The van der Waals surface area contributed by atoms with Crippen molar-refractivity contribution in [3.63, 3.8) is 0 Å². The van der Waals surface area contributed by atoms with E-state index >= 15 is 0 Å². The summed E-state index contributed by atoms with van der Waals surface area (Å²) < 4.78 is 0. The van der Waals surface area contributed by atoms with Crippen LogP contribution in [0.4, 0.5) is 0 Å². The lowest BCUT2D eigenvalue weighted by molar-refractivity contribution is -0.130. The second-order valence-electron chi connectivity index (χ2n) is 8.59. The molecule has 0 unspecified atom stereocenters. The van der Waals surface area contributed by atoms with Crippen molar-refractivity contribution in [2.75, 3.05) is 19.6 Å². The van der Waals surface area contributed by atoms with E-state index in [2.05, 4.69) is 64.2 Å². The minimum atomic E-state index is 0.190. The molecule has 4 heteroatoms. The lowest BCUT2D eigenvalue weighted by atomic mass is 9.89. The first-order valence-corrected chi connectivity index (χ1v) is 10.5. The van der Waals surface area contributed by atoms with Gasteiger partial charge in [-0.1, -0.05) is 48.5 Å². The molecule has 5 rings (SSSR count). The molecule has 1 amide bonds. The fourth-order valence-corrected chi connectivity index (χ4v) is 5.42. The van der Waals surface area contributed by atoms with E-state index in [0.717, 1.165) is 31.7 Å². The van der Waals surface area contributed by atoms with E-state index in [1.165, 1.54) is 22.1 Å². The Kier molecular flexibility index (Phi) is 4.59. The van der Waals surface area contributed by atoms with Crippen LogP contribution in [0.25, 0.3) is 10.9 Å². The van der Waals surface area contributed by atoms with Gasteiger partial charge in [-0.05, 0) is 35.6 Å². The molecule has 29 heavy (non-hydrogen) atoms. The number of aryl methyl sites for hydroxylation is 1. The third kappa shape index (κ3) is 3.22. The SMILES string of the molecule is CC(=O)N1C[C@H]2CN(Cc3ccc(C)c4ncccc34)C[C@H]2[C@H]1c1ccccc1. The van der Waals surface area contributed by atoms with E-state index in [1.807, 2.05) is 18.3 Å². The fourth-order valence-electron chi connectivity index (χ4n) is 5.42. The molecule has 0 N–H and O–H groups in total. The van der Waals surface area contributed by atoms with Gasteiger partial charge in [0.25, 0.3) is 0 Å². The molecule has 4 nitrogen and oxygen atoms in total. The van der Waals surface area contributed by atoms with E-state index in [4.69, 9.17) is 0 Å². The Morgan fingerprint density at radius 3 is 2.66 bits per heavy atom. The van der Waals surface area contributed by atoms with Crippen molar-refractivity contribution in [2.45, 2.75) is 26.4 Å². The summed E-state index contributed by atoms with van der Waals surface area (Å²) in [6.07, 6.45) is 1.88. The molecule has 1 aromatic heterocycles. The first-order chi connectivity index (χ1) is 14.1. The normalized spacial score (nSPS) is 24.2. The van der Waals surface area contributed by atoms with E-state index < -0.39 is 0 Å². The van der Waals surface area contributed by atoms with E-state index in [0.29, 0.717) is 11.8 Å². The first-order valence-electron chi connectivity index (χ1n) is 10.5. The molecule has 2 saturated heterocycles. The van der Waals surface area contributed by atoms with Crippen LogP contribution in [-0.4, -0.2) is 40.3 Å². The summed E-state index contributed by atoms with van der Waals surface area (Å²) in [5, 5.41) is 1.26. The third-order valence-corrected chi connectivity index (χ3v) is 6.74. The van der Waals surface area contributed by atoms with Crippen molar-refractivity contribution in [1.29, 1.82) is 0 Å². The summed E-state index contributed by atoms with van der Waals surface area (Å²) in [6, 6.07) is 19.4. The second kappa shape index (κ2) is 7.27.